The van der Waals surface area contributed by atoms with Crippen molar-refractivity contribution in [2.75, 3.05) is 19.7 Å². The summed E-state index contributed by atoms with van der Waals surface area (Å²) in [6.07, 6.45) is 2.06. The van der Waals surface area contributed by atoms with Crippen LogP contribution in [-0.4, -0.2) is 36.7 Å². The molecule has 74 valence electrons. The van der Waals surface area contributed by atoms with Crippen LogP contribution in [0, 0.1) is 11.3 Å². The molecule has 2 unspecified atom stereocenters. The lowest BCUT2D eigenvalue weighted by Gasteiger charge is -2.35. The Labute approximate surface area is 80.3 Å². The Bertz CT molecular complexity index is 188. The summed E-state index contributed by atoms with van der Waals surface area (Å²) >= 11 is 0. The molecular weight excluding hydrogens is 164 g/mol. The molecule has 3 nitrogen and oxygen atoms in total. The molecule has 13 heavy (non-hydrogen) atoms. The minimum atomic E-state index is 0.370. The van der Waals surface area contributed by atoms with Gasteiger partial charge in [0, 0.05) is 19.1 Å². The summed E-state index contributed by atoms with van der Waals surface area (Å²) in [5, 5.41) is 8.58. The number of rotatable bonds is 3. The highest BCUT2D eigenvalue weighted by Crippen LogP contribution is 2.12. The Morgan fingerprint density at radius 1 is 1.69 bits per heavy atom. The van der Waals surface area contributed by atoms with Gasteiger partial charge in [-0.1, -0.05) is 6.92 Å². The summed E-state index contributed by atoms with van der Waals surface area (Å²) in [4.78, 5) is 2.35. The van der Waals surface area contributed by atoms with Gasteiger partial charge in [0.15, 0.2) is 0 Å². The molecule has 0 spiro atoms. The van der Waals surface area contributed by atoms with Gasteiger partial charge in [-0.2, -0.15) is 5.26 Å². The first-order valence-corrected chi connectivity index (χ1v) is 5.00. The van der Waals surface area contributed by atoms with E-state index in [0.717, 1.165) is 26.1 Å². The van der Waals surface area contributed by atoms with E-state index in [4.69, 9.17) is 10.00 Å². The van der Waals surface area contributed by atoms with Gasteiger partial charge in [0.05, 0.1) is 25.2 Å². The largest absolute Gasteiger partial charge is 0.376 e. The summed E-state index contributed by atoms with van der Waals surface area (Å²) in [5.74, 6) is 0. The highest BCUT2D eigenvalue weighted by molar-refractivity contribution is 4.82. The Hall–Kier alpha value is -0.590. The van der Waals surface area contributed by atoms with E-state index in [-0.39, 0.29) is 0 Å². The minimum Gasteiger partial charge on any atom is -0.376 e. The molecule has 0 aromatic heterocycles. The standard InChI is InChI=1S/C10H18N2O/c1-3-10-8-12(6-7-13-10)9(2)4-5-11/h9-10H,3-4,6-8H2,1-2H3. The molecule has 0 aromatic rings. The lowest BCUT2D eigenvalue weighted by molar-refractivity contribution is -0.0413. The van der Waals surface area contributed by atoms with E-state index in [2.05, 4.69) is 24.8 Å². The second kappa shape index (κ2) is 5.21. The molecule has 0 aromatic carbocycles. The van der Waals surface area contributed by atoms with Crippen LogP contribution in [0.1, 0.15) is 26.7 Å². The molecule has 0 aliphatic carbocycles. The molecule has 1 rings (SSSR count). The van der Waals surface area contributed by atoms with Crippen LogP contribution in [0.25, 0.3) is 0 Å². The van der Waals surface area contributed by atoms with Crippen molar-refractivity contribution in [2.45, 2.75) is 38.8 Å². The first kappa shape index (κ1) is 10.5. The Balaban J connectivity index is 2.37. The van der Waals surface area contributed by atoms with Crippen molar-refractivity contribution in [1.29, 1.82) is 5.26 Å². The van der Waals surface area contributed by atoms with Crippen molar-refractivity contribution in [3.8, 4) is 6.07 Å². The van der Waals surface area contributed by atoms with Gasteiger partial charge in [0.1, 0.15) is 0 Å². The fourth-order valence-electron chi connectivity index (χ4n) is 1.65. The number of hydrogen-bond donors (Lipinski definition) is 0. The van der Waals surface area contributed by atoms with E-state index >= 15 is 0 Å². The lowest BCUT2D eigenvalue weighted by atomic mass is 10.1. The molecule has 1 aliphatic rings. The smallest absolute Gasteiger partial charge is 0.0700 e. The number of nitrogens with zero attached hydrogens (tertiary/aromatic N) is 2. The highest BCUT2D eigenvalue weighted by Gasteiger charge is 2.22. The van der Waals surface area contributed by atoms with E-state index in [9.17, 15) is 0 Å². The third-order valence-electron chi connectivity index (χ3n) is 2.64. The van der Waals surface area contributed by atoms with E-state index < -0.39 is 0 Å². The molecule has 0 radical (unpaired) electrons. The molecule has 2 atom stereocenters. The maximum absolute atomic E-state index is 8.58. The van der Waals surface area contributed by atoms with Crippen LogP contribution in [0.15, 0.2) is 0 Å². The molecule has 0 saturated carbocycles. The Kier molecular flexibility index (Phi) is 4.20. The number of hydrogen-bond acceptors (Lipinski definition) is 3. The van der Waals surface area contributed by atoms with Gasteiger partial charge < -0.3 is 4.74 Å². The predicted octanol–water partition coefficient (Wildman–Crippen LogP) is 1.40. The number of ether oxygens (including phenoxy) is 1. The second-order valence-electron chi connectivity index (χ2n) is 3.61. The van der Waals surface area contributed by atoms with Crippen molar-refractivity contribution in [3.63, 3.8) is 0 Å². The molecular formula is C10H18N2O. The van der Waals surface area contributed by atoms with Gasteiger partial charge in [-0.05, 0) is 13.3 Å². The van der Waals surface area contributed by atoms with E-state index in [1.807, 2.05) is 0 Å². The zero-order chi connectivity index (χ0) is 9.68. The van der Waals surface area contributed by atoms with E-state index in [0.29, 0.717) is 18.6 Å². The SMILES string of the molecule is CCC1CN(C(C)CC#N)CCO1. The molecule has 0 amide bonds. The van der Waals surface area contributed by atoms with Gasteiger partial charge in [-0.25, -0.2) is 0 Å². The Morgan fingerprint density at radius 2 is 2.46 bits per heavy atom. The maximum atomic E-state index is 8.58. The van der Waals surface area contributed by atoms with Crippen LogP contribution in [-0.2, 0) is 4.74 Å². The van der Waals surface area contributed by atoms with E-state index in [1.54, 1.807) is 0 Å². The zero-order valence-electron chi connectivity index (χ0n) is 8.49. The molecule has 1 saturated heterocycles. The topological polar surface area (TPSA) is 36.3 Å². The van der Waals surface area contributed by atoms with Gasteiger partial charge >= 0.3 is 0 Å². The fraction of sp³-hybridized carbons (Fsp3) is 0.900. The highest BCUT2D eigenvalue weighted by atomic mass is 16.5. The average Bonchev–Trinajstić information content (AvgIpc) is 2.18. The maximum Gasteiger partial charge on any atom is 0.0700 e. The van der Waals surface area contributed by atoms with Gasteiger partial charge in [0.25, 0.3) is 0 Å². The quantitative estimate of drug-likeness (QED) is 0.662. The molecule has 1 aliphatic heterocycles. The van der Waals surface area contributed by atoms with Gasteiger partial charge in [-0.3, -0.25) is 4.90 Å². The van der Waals surface area contributed by atoms with Crippen LogP contribution >= 0.6 is 0 Å². The summed E-state index contributed by atoms with van der Waals surface area (Å²) in [5.41, 5.74) is 0. The Morgan fingerprint density at radius 3 is 3.08 bits per heavy atom. The van der Waals surface area contributed by atoms with Gasteiger partial charge in [0.2, 0.25) is 0 Å². The molecule has 3 heteroatoms. The van der Waals surface area contributed by atoms with Crippen LogP contribution in [0.2, 0.25) is 0 Å². The lowest BCUT2D eigenvalue weighted by Crippen LogP contribution is -2.46. The molecule has 1 fully saturated rings. The molecule has 0 bridgehead atoms. The number of morpholine rings is 1. The fourth-order valence-corrected chi connectivity index (χ4v) is 1.65. The van der Waals surface area contributed by atoms with E-state index in [1.165, 1.54) is 0 Å². The normalized spacial score (nSPS) is 26.7. The van der Waals surface area contributed by atoms with Crippen LogP contribution in [0.3, 0.4) is 0 Å². The second-order valence-corrected chi connectivity index (χ2v) is 3.61. The third-order valence-corrected chi connectivity index (χ3v) is 2.64. The van der Waals surface area contributed by atoms with Crippen molar-refractivity contribution in [1.82, 2.24) is 4.90 Å². The van der Waals surface area contributed by atoms with Crippen LogP contribution in [0.5, 0.6) is 0 Å². The van der Waals surface area contributed by atoms with Crippen molar-refractivity contribution < 1.29 is 4.74 Å². The molecule has 1 heterocycles. The minimum absolute atomic E-state index is 0.370. The summed E-state index contributed by atoms with van der Waals surface area (Å²) in [6.45, 7) is 7.03. The third kappa shape index (κ3) is 2.98. The van der Waals surface area contributed by atoms with Crippen LogP contribution < -0.4 is 0 Å². The zero-order valence-corrected chi connectivity index (χ0v) is 8.49. The summed E-state index contributed by atoms with van der Waals surface area (Å²) in [6, 6.07) is 2.59. The molecule has 0 N–H and O–H groups in total. The van der Waals surface area contributed by atoms with Crippen molar-refractivity contribution in [3.05, 3.63) is 0 Å². The first-order valence-electron chi connectivity index (χ1n) is 5.00. The summed E-state index contributed by atoms with van der Waals surface area (Å²) in [7, 11) is 0. The van der Waals surface area contributed by atoms with Crippen molar-refractivity contribution >= 4 is 0 Å². The summed E-state index contributed by atoms with van der Waals surface area (Å²) < 4.78 is 5.56. The van der Waals surface area contributed by atoms with Gasteiger partial charge in [-0.15, -0.1) is 0 Å². The predicted molar refractivity (Wildman–Crippen MR) is 51.3 cm³/mol. The monoisotopic (exact) mass is 182 g/mol. The van der Waals surface area contributed by atoms with Crippen molar-refractivity contribution in [2.24, 2.45) is 0 Å². The first-order chi connectivity index (χ1) is 6.27. The van der Waals surface area contributed by atoms with Crippen LogP contribution in [0.4, 0.5) is 0 Å². The number of nitriles is 1. The average molecular weight is 182 g/mol.